The molecule has 1 aliphatic carbocycles. The zero-order valence-corrected chi connectivity index (χ0v) is 14.4. The average Bonchev–Trinajstić information content (AvgIpc) is 3.39. The van der Waals surface area contributed by atoms with E-state index in [1.165, 1.54) is 0 Å². The van der Waals surface area contributed by atoms with Gasteiger partial charge in [-0.05, 0) is 48.7 Å². The summed E-state index contributed by atoms with van der Waals surface area (Å²) >= 11 is 0. The molecule has 0 saturated heterocycles. The zero-order valence-electron chi connectivity index (χ0n) is 14.4. The molecule has 0 radical (unpaired) electrons. The molecule has 3 aromatic rings. The Labute approximate surface area is 151 Å². The molecular formula is C21H19N3O2. The number of para-hydroxylation sites is 1. The van der Waals surface area contributed by atoms with Gasteiger partial charge in [-0.15, -0.1) is 0 Å². The number of pyridine rings is 1. The molecule has 0 bridgehead atoms. The number of anilines is 2. The van der Waals surface area contributed by atoms with Crippen LogP contribution in [0.25, 0.3) is 10.9 Å². The van der Waals surface area contributed by atoms with E-state index in [9.17, 15) is 9.59 Å². The van der Waals surface area contributed by atoms with Crippen molar-refractivity contribution in [1.29, 1.82) is 0 Å². The molecule has 0 aliphatic heterocycles. The summed E-state index contributed by atoms with van der Waals surface area (Å²) in [5.74, 6) is 0.791. The summed E-state index contributed by atoms with van der Waals surface area (Å²) in [6, 6.07) is 18.4. The molecule has 5 nitrogen and oxygen atoms in total. The first-order valence-corrected chi connectivity index (χ1v) is 8.68. The molecule has 1 heterocycles. The quantitative estimate of drug-likeness (QED) is 0.748. The summed E-state index contributed by atoms with van der Waals surface area (Å²) in [6.45, 7) is 2.06. The number of nitrogens with one attached hydrogen (secondary N) is 2. The van der Waals surface area contributed by atoms with E-state index >= 15 is 0 Å². The minimum atomic E-state index is -0.260. The van der Waals surface area contributed by atoms with E-state index in [1.54, 1.807) is 30.3 Å². The molecule has 2 aromatic carbocycles. The molecule has 1 aliphatic rings. The van der Waals surface area contributed by atoms with E-state index in [0.717, 1.165) is 17.3 Å². The van der Waals surface area contributed by atoms with Gasteiger partial charge in [0.1, 0.15) is 5.82 Å². The molecule has 2 atom stereocenters. The van der Waals surface area contributed by atoms with Gasteiger partial charge in [0.15, 0.2) is 0 Å². The van der Waals surface area contributed by atoms with E-state index < -0.39 is 0 Å². The molecule has 0 spiro atoms. The van der Waals surface area contributed by atoms with Crippen molar-refractivity contribution < 1.29 is 9.59 Å². The number of carbonyl (C=O) groups excluding carboxylic acids is 2. The largest absolute Gasteiger partial charge is 0.326 e. The maximum atomic E-state index is 12.5. The molecule has 1 aromatic heterocycles. The van der Waals surface area contributed by atoms with Crippen LogP contribution < -0.4 is 10.6 Å². The lowest BCUT2D eigenvalue weighted by molar-refractivity contribution is -0.117. The molecule has 1 fully saturated rings. The number of carbonyl (C=O) groups is 2. The van der Waals surface area contributed by atoms with E-state index in [0.29, 0.717) is 23.0 Å². The van der Waals surface area contributed by atoms with Crippen LogP contribution in [-0.2, 0) is 4.79 Å². The highest BCUT2D eigenvalue weighted by atomic mass is 16.2. The molecule has 5 heteroatoms. The summed E-state index contributed by atoms with van der Waals surface area (Å²) in [6.07, 6.45) is 0.930. The van der Waals surface area contributed by atoms with Gasteiger partial charge in [-0.1, -0.05) is 31.2 Å². The summed E-state index contributed by atoms with van der Waals surface area (Å²) in [7, 11) is 0. The van der Waals surface area contributed by atoms with Gasteiger partial charge in [-0.25, -0.2) is 4.98 Å². The van der Waals surface area contributed by atoms with Gasteiger partial charge in [0.05, 0.1) is 5.52 Å². The number of rotatable bonds is 4. The monoisotopic (exact) mass is 345 g/mol. The Morgan fingerprint density at radius 1 is 1.00 bits per heavy atom. The normalized spacial score (nSPS) is 18.3. The van der Waals surface area contributed by atoms with Crippen molar-refractivity contribution >= 4 is 34.2 Å². The third kappa shape index (κ3) is 3.42. The fourth-order valence-electron chi connectivity index (χ4n) is 2.98. The Bertz CT molecular complexity index is 999. The lowest BCUT2D eigenvalue weighted by atomic mass is 10.1. The van der Waals surface area contributed by atoms with Crippen molar-refractivity contribution in [1.82, 2.24) is 4.98 Å². The van der Waals surface area contributed by atoms with Crippen molar-refractivity contribution in [2.75, 3.05) is 10.6 Å². The third-order valence-electron chi connectivity index (χ3n) is 4.68. The van der Waals surface area contributed by atoms with Crippen molar-refractivity contribution in [3.05, 3.63) is 66.2 Å². The predicted octanol–water partition coefficient (Wildman–Crippen LogP) is 4.08. The molecule has 0 unspecified atom stereocenters. The Hall–Kier alpha value is -3.21. The van der Waals surface area contributed by atoms with E-state index in [2.05, 4.69) is 22.5 Å². The average molecular weight is 345 g/mol. The molecule has 4 rings (SSSR count). The first-order chi connectivity index (χ1) is 12.6. The van der Waals surface area contributed by atoms with Crippen LogP contribution in [0.1, 0.15) is 23.7 Å². The van der Waals surface area contributed by atoms with Gasteiger partial charge in [-0.3, -0.25) is 9.59 Å². The highest BCUT2D eigenvalue weighted by Crippen LogP contribution is 2.38. The second kappa shape index (κ2) is 6.59. The SMILES string of the molecule is C[C@H]1C[C@@H]1C(=O)Nc1cccc(C(=O)Nc2ccc3ccccc3n2)c1. The molecule has 130 valence electrons. The zero-order chi connectivity index (χ0) is 18.1. The van der Waals surface area contributed by atoms with Crippen LogP contribution >= 0.6 is 0 Å². The minimum Gasteiger partial charge on any atom is -0.326 e. The number of fused-ring (bicyclic) bond motifs is 1. The van der Waals surface area contributed by atoms with Crippen LogP contribution in [0.4, 0.5) is 11.5 Å². The van der Waals surface area contributed by atoms with Gasteiger partial charge in [0.2, 0.25) is 5.91 Å². The van der Waals surface area contributed by atoms with Crippen LogP contribution in [0.3, 0.4) is 0 Å². The minimum absolute atomic E-state index is 0.0197. The van der Waals surface area contributed by atoms with Crippen LogP contribution in [0.2, 0.25) is 0 Å². The van der Waals surface area contributed by atoms with Gasteiger partial charge in [-0.2, -0.15) is 0 Å². The van der Waals surface area contributed by atoms with Crippen molar-refractivity contribution in [2.24, 2.45) is 11.8 Å². The summed E-state index contributed by atoms with van der Waals surface area (Å²) in [5, 5.41) is 6.71. The molecule has 1 saturated carbocycles. The highest BCUT2D eigenvalue weighted by molar-refractivity contribution is 6.05. The summed E-state index contributed by atoms with van der Waals surface area (Å²) in [4.78, 5) is 29.0. The van der Waals surface area contributed by atoms with E-state index in [4.69, 9.17) is 0 Å². The summed E-state index contributed by atoms with van der Waals surface area (Å²) < 4.78 is 0. The molecule has 2 amide bonds. The standard InChI is InChI=1S/C21H19N3O2/c1-13-11-17(13)21(26)22-16-7-4-6-15(12-16)20(25)24-19-10-9-14-5-2-3-8-18(14)23-19/h2-10,12-13,17H,11H2,1H3,(H,22,26)(H,23,24,25)/t13-,17-/m0/s1. The first kappa shape index (κ1) is 16.3. The van der Waals surface area contributed by atoms with Crippen LogP contribution in [0.5, 0.6) is 0 Å². The number of hydrogen-bond donors (Lipinski definition) is 2. The molecular weight excluding hydrogens is 326 g/mol. The summed E-state index contributed by atoms with van der Waals surface area (Å²) in [5.41, 5.74) is 1.93. The third-order valence-corrected chi connectivity index (χ3v) is 4.68. The number of amides is 2. The maximum absolute atomic E-state index is 12.5. The van der Waals surface area contributed by atoms with Gasteiger partial charge < -0.3 is 10.6 Å². The lowest BCUT2D eigenvalue weighted by Gasteiger charge is -2.08. The Balaban J connectivity index is 1.48. The molecule has 26 heavy (non-hydrogen) atoms. The number of aromatic nitrogens is 1. The highest BCUT2D eigenvalue weighted by Gasteiger charge is 2.39. The number of nitrogens with zero attached hydrogens (tertiary/aromatic N) is 1. The Kier molecular flexibility index (Phi) is 4.13. The van der Waals surface area contributed by atoms with Crippen molar-refractivity contribution in [2.45, 2.75) is 13.3 Å². The number of benzene rings is 2. The maximum Gasteiger partial charge on any atom is 0.256 e. The molecule has 2 N–H and O–H groups in total. The smallest absolute Gasteiger partial charge is 0.256 e. The second-order valence-corrected chi connectivity index (χ2v) is 6.73. The first-order valence-electron chi connectivity index (χ1n) is 8.68. The van der Waals surface area contributed by atoms with Gasteiger partial charge >= 0.3 is 0 Å². The lowest BCUT2D eigenvalue weighted by Crippen LogP contribution is -2.16. The van der Waals surface area contributed by atoms with Gasteiger partial charge in [0.25, 0.3) is 5.91 Å². The van der Waals surface area contributed by atoms with Crippen LogP contribution in [-0.4, -0.2) is 16.8 Å². The Morgan fingerprint density at radius 2 is 1.81 bits per heavy atom. The Morgan fingerprint density at radius 3 is 2.62 bits per heavy atom. The predicted molar refractivity (Wildman–Crippen MR) is 102 cm³/mol. The number of hydrogen-bond acceptors (Lipinski definition) is 3. The second-order valence-electron chi connectivity index (χ2n) is 6.73. The van der Waals surface area contributed by atoms with Crippen molar-refractivity contribution in [3.8, 4) is 0 Å². The van der Waals surface area contributed by atoms with E-state index in [-0.39, 0.29) is 17.7 Å². The van der Waals surface area contributed by atoms with E-state index in [1.807, 2.05) is 30.3 Å². The van der Waals surface area contributed by atoms with Crippen LogP contribution in [0, 0.1) is 11.8 Å². The fraction of sp³-hybridized carbons (Fsp3) is 0.190. The van der Waals surface area contributed by atoms with Crippen molar-refractivity contribution in [3.63, 3.8) is 0 Å². The van der Waals surface area contributed by atoms with Crippen LogP contribution in [0.15, 0.2) is 60.7 Å². The topological polar surface area (TPSA) is 71.1 Å². The van der Waals surface area contributed by atoms with Gasteiger partial charge in [0, 0.05) is 22.6 Å². The fourth-order valence-corrected chi connectivity index (χ4v) is 2.98.